The second kappa shape index (κ2) is 5.47. The first kappa shape index (κ1) is 10.8. The third-order valence-corrected chi connectivity index (χ3v) is 0.766. The molecule has 0 saturated carbocycles. The number of aromatic amines is 1. The van der Waals surface area contributed by atoms with Crippen molar-refractivity contribution < 1.29 is 19.8 Å². The molecule has 13 heavy (non-hydrogen) atoms. The van der Waals surface area contributed by atoms with Crippen LogP contribution in [0.3, 0.4) is 0 Å². The first-order valence-corrected chi connectivity index (χ1v) is 3.00. The molecule has 0 amide bonds. The second-order valence-corrected chi connectivity index (χ2v) is 1.72. The van der Waals surface area contributed by atoms with Crippen LogP contribution < -0.4 is 5.56 Å². The van der Waals surface area contributed by atoms with Gasteiger partial charge < -0.3 is 10.2 Å². The lowest BCUT2D eigenvalue weighted by Crippen LogP contribution is -2.09. The number of rotatable bonds is 0. The molecule has 0 bridgehead atoms. The minimum absolute atomic E-state index is 0.164. The number of H-pyrrole nitrogens is 1. The molecule has 0 radical (unpaired) electrons. The van der Waals surface area contributed by atoms with E-state index in [0.717, 1.165) is 0 Å². The van der Waals surface area contributed by atoms with E-state index >= 15 is 0 Å². The predicted molar refractivity (Wildman–Crippen MR) is 40.1 cm³/mol. The number of carboxylic acids is 2. The van der Waals surface area contributed by atoms with Gasteiger partial charge in [-0.15, -0.1) is 0 Å². The third-order valence-electron chi connectivity index (χ3n) is 0.766. The molecule has 0 aromatic carbocycles. The van der Waals surface area contributed by atoms with Crippen LogP contribution in [0, 0.1) is 0 Å². The summed E-state index contributed by atoms with van der Waals surface area (Å²) in [4.78, 5) is 28.4. The molecular weight excluding hydrogens is 180 g/mol. The summed E-state index contributed by atoms with van der Waals surface area (Å²) >= 11 is 0. The van der Waals surface area contributed by atoms with E-state index in [1.54, 1.807) is 6.07 Å². The Morgan fingerprint density at radius 1 is 1.31 bits per heavy atom. The Bertz CT molecular complexity index is 315. The van der Waals surface area contributed by atoms with Crippen LogP contribution in [0.15, 0.2) is 23.1 Å². The summed E-state index contributed by atoms with van der Waals surface area (Å²) in [5.41, 5.74) is -0.164. The Morgan fingerprint density at radius 3 is 2.00 bits per heavy atom. The Morgan fingerprint density at radius 2 is 1.85 bits per heavy atom. The fourth-order valence-electron chi connectivity index (χ4n) is 0.312. The van der Waals surface area contributed by atoms with Crippen molar-refractivity contribution in [2.45, 2.75) is 0 Å². The lowest BCUT2D eigenvalue weighted by molar-refractivity contribution is -0.159. The Hall–Kier alpha value is -2.18. The van der Waals surface area contributed by atoms with Crippen LogP contribution >= 0.6 is 0 Å². The van der Waals surface area contributed by atoms with E-state index in [4.69, 9.17) is 19.8 Å². The molecule has 0 unspecified atom stereocenters. The molecule has 0 fully saturated rings. The van der Waals surface area contributed by atoms with Gasteiger partial charge in [0.05, 0.1) is 0 Å². The van der Waals surface area contributed by atoms with Gasteiger partial charge in [0.25, 0.3) is 5.56 Å². The molecule has 0 aliphatic rings. The molecule has 0 spiro atoms. The van der Waals surface area contributed by atoms with E-state index < -0.39 is 11.9 Å². The van der Waals surface area contributed by atoms with E-state index in [1.165, 1.54) is 12.3 Å². The number of hydrogen-bond acceptors (Lipinski definition) is 4. The number of aliphatic carboxylic acids is 2. The van der Waals surface area contributed by atoms with E-state index in [2.05, 4.69) is 10.2 Å². The van der Waals surface area contributed by atoms with E-state index in [9.17, 15) is 4.79 Å². The SMILES string of the molecule is O=C(O)C(=O)O.O=c1cccn[nH]1. The summed E-state index contributed by atoms with van der Waals surface area (Å²) in [6.07, 6.45) is 1.52. The summed E-state index contributed by atoms with van der Waals surface area (Å²) in [6, 6.07) is 2.99. The number of aromatic nitrogens is 2. The van der Waals surface area contributed by atoms with Gasteiger partial charge in [0.1, 0.15) is 0 Å². The monoisotopic (exact) mass is 186 g/mol. The van der Waals surface area contributed by atoms with Crippen molar-refractivity contribution in [1.82, 2.24) is 10.2 Å². The van der Waals surface area contributed by atoms with Gasteiger partial charge in [0.15, 0.2) is 0 Å². The van der Waals surface area contributed by atoms with Crippen LogP contribution in [0.1, 0.15) is 0 Å². The summed E-state index contributed by atoms with van der Waals surface area (Å²) in [6.45, 7) is 0. The Kier molecular flexibility index (Phi) is 4.55. The summed E-state index contributed by atoms with van der Waals surface area (Å²) in [5, 5.41) is 20.5. The lowest BCUT2D eigenvalue weighted by Gasteiger charge is -1.72. The van der Waals surface area contributed by atoms with Crippen molar-refractivity contribution >= 4 is 11.9 Å². The maximum Gasteiger partial charge on any atom is 0.414 e. The van der Waals surface area contributed by atoms with Crippen molar-refractivity contribution in [2.24, 2.45) is 0 Å². The van der Waals surface area contributed by atoms with Crippen LogP contribution in [0.5, 0.6) is 0 Å². The second-order valence-electron chi connectivity index (χ2n) is 1.72. The van der Waals surface area contributed by atoms with E-state index in [1.807, 2.05) is 0 Å². The number of hydrogen-bond donors (Lipinski definition) is 3. The zero-order valence-electron chi connectivity index (χ0n) is 6.30. The lowest BCUT2D eigenvalue weighted by atomic mass is 10.6. The average Bonchev–Trinajstić information content (AvgIpc) is 2.06. The Labute approximate surface area is 71.6 Å². The summed E-state index contributed by atoms with van der Waals surface area (Å²) in [5.74, 6) is -3.65. The largest absolute Gasteiger partial charge is 0.473 e. The standard InChI is InChI=1S/C4H4N2O.C2H2O4/c7-4-2-1-3-5-6-4;3-1(4)2(5)6/h1-3H,(H,6,7);(H,3,4)(H,5,6). The van der Waals surface area contributed by atoms with Crippen LogP contribution in [0.25, 0.3) is 0 Å². The molecule has 1 aromatic rings. The normalized spacial score (nSPS) is 8.00. The summed E-state index contributed by atoms with van der Waals surface area (Å²) < 4.78 is 0. The van der Waals surface area contributed by atoms with Gasteiger partial charge in [0, 0.05) is 12.3 Å². The molecule has 0 aliphatic carbocycles. The van der Waals surface area contributed by atoms with Crippen molar-refractivity contribution in [3.05, 3.63) is 28.7 Å². The minimum Gasteiger partial charge on any atom is -0.473 e. The smallest absolute Gasteiger partial charge is 0.414 e. The highest BCUT2D eigenvalue weighted by Gasteiger charge is 2.04. The fourth-order valence-corrected chi connectivity index (χ4v) is 0.312. The molecule has 0 saturated heterocycles. The molecule has 7 nitrogen and oxygen atoms in total. The van der Waals surface area contributed by atoms with Crippen molar-refractivity contribution in [3.63, 3.8) is 0 Å². The molecule has 1 rings (SSSR count). The Balaban J connectivity index is 0.000000226. The van der Waals surface area contributed by atoms with Gasteiger partial charge in [-0.05, 0) is 6.07 Å². The van der Waals surface area contributed by atoms with Gasteiger partial charge in [-0.2, -0.15) is 5.10 Å². The number of carbonyl (C=O) groups is 2. The van der Waals surface area contributed by atoms with Crippen molar-refractivity contribution in [3.8, 4) is 0 Å². The molecule has 1 heterocycles. The molecule has 7 heteroatoms. The molecule has 1 aromatic heterocycles. The average molecular weight is 186 g/mol. The zero-order valence-corrected chi connectivity index (χ0v) is 6.30. The first-order valence-electron chi connectivity index (χ1n) is 3.00. The van der Waals surface area contributed by atoms with Crippen molar-refractivity contribution in [1.29, 1.82) is 0 Å². The maximum absolute atomic E-state index is 10.2. The van der Waals surface area contributed by atoms with Gasteiger partial charge >= 0.3 is 11.9 Å². The van der Waals surface area contributed by atoms with Crippen LogP contribution in [-0.4, -0.2) is 32.3 Å². The van der Waals surface area contributed by atoms with Crippen LogP contribution in [0.4, 0.5) is 0 Å². The van der Waals surface area contributed by atoms with E-state index in [-0.39, 0.29) is 5.56 Å². The van der Waals surface area contributed by atoms with Gasteiger partial charge in [-0.1, -0.05) is 0 Å². The highest BCUT2D eigenvalue weighted by atomic mass is 16.4. The highest BCUT2D eigenvalue weighted by molar-refractivity contribution is 6.27. The summed E-state index contributed by atoms with van der Waals surface area (Å²) in [7, 11) is 0. The van der Waals surface area contributed by atoms with Crippen molar-refractivity contribution in [2.75, 3.05) is 0 Å². The minimum atomic E-state index is -1.82. The number of nitrogens with zero attached hydrogens (tertiary/aromatic N) is 1. The zero-order chi connectivity index (χ0) is 10.3. The molecular formula is C6H6N2O5. The van der Waals surface area contributed by atoms with E-state index in [0.29, 0.717) is 0 Å². The molecule has 0 atom stereocenters. The molecule has 70 valence electrons. The van der Waals surface area contributed by atoms with Crippen LogP contribution in [-0.2, 0) is 9.59 Å². The van der Waals surface area contributed by atoms with Gasteiger partial charge in [-0.3, -0.25) is 4.79 Å². The molecule has 3 N–H and O–H groups in total. The first-order chi connectivity index (χ1) is 6.04. The quantitative estimate of drug-likeness (QED) is 0.443. The fraction of sp³-hybridized carbons (Fsp3) is 0. The van der Waals surface area contributed by atoms with Gasteiger partial charge in [-0.25, -0.2) is 14.7 Å². The molecule has 0 aliphatic heterocycles. The van der Waals surface area contributed by atoms with Gasteiger partial charge in [0.2, 0.25) is 0 Å². The third kappa shape index (κ3) is 6.23. The number of nitrogens with one attached hydrogen (secondary N) is 1. The highest BCUT2D eigenvalue weighted by Crippen LogP contribution is 1.60. The topological polar surface area (TPSA) is 120 Å². The predicted octanol–water partition coefficient (Wildman–Crippen LogP) is -1.07. The maximum atomic E-state index is 10.2. The van der Waals surface area contributed by atoms with Crippen LogP contribution in [0.2, 0.25) is 0 Å². The number of carboxylic acid groups (broad SMARTS) is 2.